The number of para-hydroxylation sites is 1. The van der Waals surface area contributed by atoms with Gasteiger partial charge in [0, 0.05) is 18.9 Å². The molecule has 0 fully saturated rings. The number of hydrogen-bond acceptors (Lipinski definition) is 5. The predicted molar refractivity (Wildman–Crippen MR) is 72.1 cm³/mol. The molecule has 19 heavy (non-hydrogen) atoms. The van der Waals surface area contributed by atoms with E-state index in [1.165, 1.54) is 7.05 Å². The Balaban J connectivity index is 3.13. The Morgan fingerprint density at radius 1 is 1.42 bits per heavy atom. The van der Waals surface area contributed by atoms with E-state index in [0.29, 0.717) is 11.3 Å². The zero-order valence-corrected chi connectivity index (χ0v) is 11.4. The summed E-state index contributed by atoms with van der Waals surface area (Å²) in [6, 6.07) is 6.46. The van der Waals surface area contributed by atoms with Crippen LogP contribution in [0, 0.1) is 0 Å². The summed E-state index contributed by atoms with van der Waals surface area (Å²) in [5.41, 5.74) is 6.21. The predicted octanol–water partition coefficient (Wildman–Crippen LogP) is -0.211. The lowest BCUT2D eigenvalue weighted by atomic mass is 10.1. The number of nitrogens with zero attached hydrogens (tertiary/aromatic N) is 2. The maximum Gasteiger partial charge on any atom is 0.241 e. The van der Waals surface area contributed by atoms with Crippen molar-refractivity contribution in [2.45, 2.75) is 0 Å². The topological polar surface area (TPSA) is 113 Å². The second-order valence-corrected chi connectivity index (χ2v) is 6.17. The fraction of sp³-hybridized carbons (Fsp3) is 0.273. The van der Waals surface area contributed by atoms with E-state index >= 15 is 0 Å². The van der Waals surface area contributed by atoms with Gasteiger partial charge in [0.25, 0.3) is 0 Å². The Hall–Kier alpha value is -2.09. The van der Waals surface area contributed by atoms with Gasteiger partial charge < -0.3 is 15.8 Å². The summed E-state index contributed by atoms with van der Waals surface area (Å²) in [6.45, 7) is 0. The number of amidine groups is 1. The summed E-state index contributed by atoms with van der Waals surface area (Å²) >= 11 is 0. The number of sulfone groups is 1. The standard InChI is InChI=1S/C11H15N3O4S/c1-14(10(15)7-19(2,17)18)9-6-4-3-5-8(9)11(12)13-16/h3-6,16H,7H2,1-2H3,(H2,12,13). The zero-order chi connectivity index (χ0) is 14.6. The molecule has 0 spiro atoms. The lowest BCUT2D eigenvalue weighted by Crippen LogP contribution is -2.33. The number of anilines is 1. The van der Waals surface area contributed by atoms with Crippen LogP contribution in [-0.2, 0) is 14.6 Å². The number of carbonyl (C=O) groups excluding carboxylic acids is 1. The Morgan fingerprint density at radius 2 is 2.00 bits per heavy atom. The number of benzene rings is 1. The summed E-state index contributed by atoms with van der Waals surface area (Å²) in [7, 11) is -1.99. The van der Waals surface area contributed by atoms with Crippen molar-refractivity contribution in [1.29, 1.82) is 0 Å². The van der Waals surface area contributed by atoms with Gasteiger partial charge in [-0.05, 0) is 12.1 Å². The van der Waals surface area contributed by atoms with Crippen molar-refractivity contribution in [3.8, 4) is 0 Å². The second kappa shape index (κ2) is 5.70. The van der Waals surface area contributed by atoms with Crippen molar-refractivity contribution in [1.82, 2.24) is 0 Å². The molecule has 1 aromatic carbocycles. The van der Waals surface area contributed by atoms with Gasteiger partial charge >= 0.3 is 0 Å². The number of amides is 1. The van der Waals surface area contributed by atoms with Gasteiger partial charge in [0.05, 0.1) is 5.69 Å². The molecule has 0 aliphatic carbocycles. The van der Waals surface area contributed by atoms with E-state index in [4.69, 9.17) is 10.9 Å². The minimum absolute atomic E-state index is 0.158. The number of oxime groups is 1. The molecule has 0 saturated carbocycles. The molecule has 0 heterocycles. The molecule has 0 aromatic heterocycles. The molecular weight excluding hydrogens is 270 g/mol. The zero-order valence-electron chi connectivity index (χ0n) is 10.6. The third kappa shape index (κ3) is 3.95. The summed E-state index contributed by atoms with van der Waals surface area (Å²) < 4.78 is 22.2. The van der Waals surface area contributed by atoms with Gasteiger partial charge in [0.1, 0.15) is 5.75 Å². The van der Waals surface area contributed by atoms with Gasteiger partial charge in [-0.15, -0.1) is 0 Å². The number of rotatable bonds is 4. The first-order valence-electron chi connectivity index (χ1n) is 5.27. The molecular formula is C11H15N3O4S. The van der Waals surface area contributed by atoms with Gasteiger partial charge in [-0.1, -0.05) is 17.3 Å². The quantitative estimate of drug-likeness (QED) is 0.344. The average molecular weight is 285 g/mol. The van der Waals surface area contributed by atoms with E-state index in [0.717, 1.165) is 11.2 Å². The monoisotopic (exact) mass is 285 g/mol. The fourth-order valence-electron chi connectivity index (χ4n) is 1.49. The first-order valence-corrected chi connectivity index (χ1v) is 7.33. The van der Waals surface area contributed by atoms with Crippen molar-refractivity contribution in [2.75, 3.05) is 24.0 Å². The van der Waals surface area contributed by atoms with Gasteiger partial charge in [-0.25, -0.2) is 8.42 Å². The Kier molecular flexibility index (Phi) is 4.49. The van der Waals surface area contributed by atoms with Gasteiger partial charge in [0.2, 0.25) is 5.91 Å². The molecule has 0 radical (unpaired) electrons. The van der Waals surface area contributed by atoms with Crippen molar-refractivity contribution >= 4 is 27.3 Å². The first kappa shape index (κ1) is 15.0. The molecule has 1 aromatic rings. The van der Waals surface area contributed by atoms with Crippen LogP contribution in [-0.4, -0.2) is 44.4 Å². The normalized spacial score (nSPS) is 12.2. The van der Waals surface area contributed by atoms with E-state index in [1.807, 2.05) is 0 Å². The van der Waals surface area contributed by atoms with Crippen molar-refractivity contribution in [2.24, 2.45) is 10.9 Å². The van der Waals surface area contributed by atoms with Crippen LogP contribution in [0.25, 0.3) is 0 Å². The maximum atomic E-state index is 11.8. The minimum atomic E-state index is -3.42. The van der Waals surface area contributed by atoms with Crippen LogP contribution in [0.2, 0.25) is 0 Å². The summed E-state index contributed by atoms with van der Waals surface area (Å²) in [5.74, 6) is -1.36. The van der Waals surface area contributed by atoms with Crippen LogP contribution in [0.15, 0.2) is 29.4 Å². The van der Waals surface area contributed by atoms with Gasteiger partial charge in [-0.2, -0.15) is 0 Å². The molecule has 1 amide bonds. The molecule has 104 valence electrons. The Labute approximate surface area is 111 Å². The van der Waals surface area contributed by atoms with Crippen LogP contribution >= 0.6 is 0 Å². The van der Waals surface area contributed by atoms with Crippen LogP contribution < -0.4 is 10.6 Å². The maximum absolute atomic E-state index is 11.8. The van der Waals surface area contributed by atoms with E-state index < -0.39 is 21.5 Å². The largest absolute Gasteiger partial charge is 0.409 e. The van der Waals surface area contributed by atoms with E-state index in [9.17, 15) is 13.2 Å². The number of nitrogens with two attached hydrogens (primary N) is 1. The third-order valence-electron chi connectivity index (χ3n) is 2.41. The SMILES string of the molecule is CN(C(=O)CS(C)(=O)=O)c1ccccc1C(N)=NO. The van der Waals surface area contributed by atoms with Crippen LogP contribution in [0.1, 0.15) is 5.56 Å². The van der Waals surface area contributed by atoms with Crippen molar-refractivity contribution in [3.05, 3.63) is 29.8 Å². The van der Waals surface area contributed by atoms with E-state index in [2.05, 4.69) is 5.16 Å². The molecule has 0 bridgehead atoms. The van der Waals surface area contributed by atoms with Crippen LogP contribution in [0.4, 0.5) is 5.69 Å². The first-order chi connectivity index (χ1) is 8.76. The van der Waals surface area contributed by atoms with Gasteiger partial charge in [-0.3, -0.25) is 4.79 Å². The van der Waals surface area contributed by atoms with Crippen LogP contribution in [0.3, 0.4) is 0 Å². The number of carbonyl (C=O) groups is 1. The molecule has 0 aliphatic heterocycles. The molecule has 8 heteroatoms. The van der Waals surface area contributed by atoms with Gasteiger partial charge in [0.15, 0.2) is 15.7 Å². The molecule has 1 rings (SSSR count). The highest BCUT2D eigenvalue weighted by Gasteiger charge is 2.19. The van der Waals surface area contributed by atoms with Crippen LogP contribution in [0.5, 0.6) is 0 Å². The summed E-state index contributed by atoms with van der Waals surface area (Å²) in [6.07, 6.45) is 0.980. The highest BCUT2D eigenvalue weighted by Crippen LogP contribution is 2.19. The van der Waals surface area contributed by atoms with E-state index in [-0.39, 0.29) is 5.84 Å². The van der Waals surface area contributed by atoms with Crippen molar-refractivity contribution < 1.29 is 18.4 Å². The fourth-order valence-corrected chi connectivity index (χ4v) is 2.13. The lowest BCUT2D eigenvalue weighted by molar-refractivity contribution is -0.115. The molecule has 0 saturated heterocycles. The number of hydrogen-bond donors (Lipinski definition) is 2. The summed E-state index contributed by atoms with van der Waals surface area (Å²) in [4.78, 5) is 13.0. The molecule has 7 nitrogen and oxygen atoms in total. The Morgan fingerprint density at radius 3 is 2.53 bits per heavy atom. The van der Waals surface area contributed by atoms with Crippen molar-refractivity contribution in [3.63, 3.8) is 0 Å². The minimum Gasteiger partial charge on any atom is -0.409 e. The van der Waals surface area contributed by atoms with E-state index in [1.54, 1.807) is 24.3 Å². The second-order valence-electron chi connectivity index (χ2n) is 4.03. The lowest BCUT2D eigenvalue weighted by Gasteiger charge is -2.19. The summed E-state index contributed by atoms with van der Waals surface area (Å²) in [5, 5.41) is 11.6. The third-order valence-corrected chi connectivity index (χ3v) is 3.18. The smallest absolute Gasteiger partial charge is 0.241 e. The molecule has 3 N–H and O–H groups in total. The average Bonchev–Trinajstić information content (AvgIpc) is 2.35. The molecule has 0 aliphatic rings. The Bertz CT molecular complexity index is 610. The highest BCUT2D eigenvalue weighted by molar-refractivity contribution is 7.91. The molecule has 0 unspecified atom stereocenters. The highest BCUT2D eigenvalue weighted by atomic mass is 32.2. The molecule has 0 atom stereocenters.